The Balaban J connectivity index is 3.60. The zero-order valence-electron chi connectivity index (χ0n) is 9.36. The molecule has 14 heavy (non-hydrogen) atoms. The van der Waals surface area contributed by atoms with E-state index < -0.39 is 0 Å². The van der Waals surface area contributed by atoms with Gasteiger partial charge in [-0.1, -0.05) is 6.08 Å². The van der Waals surface area contributed by atoms with Crippen molar-refractivity contribution in [1.82, 2.24) is 0 Å². The van der Waals surface area contributed by atoms with Crippen LogP contribution >= 0.6 is 0 Å². The van der Waals surface area contributed by atoms with Gasteiger partial charge in [0.15, 0.2) is 12.6 Å². The van der Waals surface area contributed by atoms with Crippen LogP contribution in [0.2, 0.25) is 0 Å². The lowest BCUT2D eigenvalue weighted by atomic mass is 10.3. The van der Waals surface area contributed by atoms with Crippen LogP contribution in [0.25, 0.3) is 0 Å². The normalized spacial score (nSPS) is 12.1. The molecule has 0 radical (unpaired) electrons. The standard InChI is InChI=1S/C10H20O4/c1-11-9(12-2)7-5-6-8-10(13-3)14-4/h5,7,9-10H,6,8H2,1-4H3/b7-5+. The summed E-state index contributed by atoms with van der Waals surface area (Å²) in [5.74, 6) is 0. The molecule has 4 nitrogen and oxygen atoms in total. The maximum Gasteiger partial charge on any atom is 0.176 e. The number of hydrogen-bond acceptors (Lipinski definition) is 4. The molecule has 0 aliphatic heterocycles. The lowest BCUT2D eigenvalue weighted by Crippen LogP contribution is -2.12. The smallest absolute Gasteiger partial charge is 0.176 e. The van der Waals surface area contributed by atoms with Crippen LogP contribution in [0.4, 0.5) is 0 Å². The monoisotopic (exact) mass is 204 g/mol. The fraction of sp³-hybridized carbons (Fsp3) is 0.800. The van der Waals surface area contributed by atoms with Gasteiger partial charge >= 0.3 is 0 Å². The first kappa shape index (κ1) is 13.6. The predicted molar refractivity (Wildman–Crippen MR) is 54.0 cm³/mol. The summed E-state index contributed by atoms with van der Waals surface area (Å²) >= 11 is 0. The van der Waals surface area contributed by atoms with Crippen molar-refractivity contribution in [2.45, 2.75) is 25.4 Å². The van der Waals surface area contributed by atoms with Crippen molar-refractivity contribution in [2.75, 3.05) is 28.4 Å². The third-order valence-electron chi connectivity index (χ3n) is 1.85. The lowest BCUT2D eigenvalue weighted by molar-refractivity contribution is -0.105. The molecule has 0 heterocycles. The lowest BCUT2D eigenvalue weighted by Gasteiger charge is -2.11. The van der Waals surface area contributed by atoms with Crippen molar-refractivity contribution in [2.24, 2.45) is 0 Å². The predicted octanol–water partition coefficient (Wildman–Crippen LogP) is 1.56. The van der Waals surface area contributed by atoms with Gasteiger partial charge in [0.1, 0.15) is 0 Å². The van der Waals surface area contributed by atoms with Gasteiger partial charge in [-0.05, 0) is 12.5 Å². The highest BCUT2D eigenvalue weighted by molar-refractivity contribution is 4.85. The van der Waals surface area contributed by atoms with E-state index in [9.17, 15) is 0 Å². The van der Waals surface area contributed by atoms with Crippen molar-refractivity contribution >= 4 is 0 Å². The van der Waals surface area contributed by atoms with Crippen LogP contribution in [-0.4, -0.2) is 41.0 Å². The van der Waals surface area contributed by atoms with E-state index >= 15 is 0 Å². The van der Waals surface area contributed by atoms with Crippen molar-refractivity contribution in [1.29, 1.82) is 0 Å². The van der Waals surface area contributed by atoms with Crippen molar-refractivity contribution in [3.8, 4) is 0 Å². The summed E-state index contributed by atoms with van der Waals surface area (Å²) in [5, 5.41) is 0. The first-order valence-electron chi connectivity index (χ1n) is 4.56. The summed E-state index contributed by atoms with van der Waals surface area (Å²) in [7, 11) is 6.47. The first-order valence-corrected chi connectivity index (χ1v) is 4.56. The van der Waals surface area contributed by atoms with Crippen molar-refractivity contribution in [3.63, 3.8) is 0 Å². The van der Waals surface area contributed by atoms with Gasteiger partial charge in [0.25, 0.3) is 0 Å². The van der Waals surface area contributed by atoms with Gasteiger partial charge in [-0.15, -0.1) is 0 Å². The van der Waals surface area contributed by atoms with E-state index in [1.165, 1.54) is 0 Å². The van der Waals surface area contributed by atoms with Crippen LogP contribution in [0.15, 0.2) is 12.2 Å². The zero-order chi connectivity index (χ0) is 10.8. The van der Waals surface area contributed by atoms with E-state index in [1.807, 2.05) is 12.2 Å². The highest BCUT2D eigenvalue weighted by Crippen LogP contribution is 2.03. The minimum absolute atomic E-state index is 0.136. The Morgan fingerprint density at radius 1 is 0.929 bits per heavy atom. The van der Waals surface area contributed by atoms with Gasteiger partial charge in [-0.25, -0.2) is 0 Å². The summed E-state index contributed by atoms with van der Waals surface area (Å²) in [6.45, 7) is 0. The van der Waals surface area contributed by atoms with Crippen LogP contribution in [-0.2, 0) is 18.9 Å². The molecular formula is C10H20O4. The number of ether oxygens (including phenoxy) is 4. The summed E-state index contributed by atoms with van der Waals surface area (Å²) in [6.07, 6.45) is 5.14. The SMILES string of the molecule is COC(/C=C/CCC(OC)OC)OC. The van der Waals surface area contributed by atoms with E-state index in [0.29, 0.717) is 0 Å². The minimum Gasteiger partial charge on any atom is -0.356 e. The fourth-order valence-electron chi connectivity index (χ4n) is 1.02. The molecule has 4 heteroatoms. The molecule has 0 aromatic rings. The highest BCUT2D eigenvalue weighted by Gasteiger charge is 2.02. The number of allylic oxidation sites excluding steroid dienone is 1. The van der Waals surface area contributed by atoms with Crippen LogP contribution < -0.4 is 0 Å². The van der Waals surface area contributed by atoms with Crippen LogP contribution in [0, 0.1) is 0 Å². The highest BCUT2D eigenvalue weighted by atomic mass is 16.7. The van der Waals surface area contributed by atoms with Gasteiger partial charge in [0, 0.05) is 34.9 Å². The number of methoxy groups -OCH3 is 4. The summed E-state index contributed by atoms with van der Waals surface area (Å²) in [6, 6.07) is 0. The second-order valence-electron chi connectivity index (χ2n) is 2.75. The third kappa shape index (κ3) is 6.10. The van der Waals surface area contributed by atoms with E-state index in [-0.39, 0.29) is 12.6 Å². The van der Waals surface area contributed by atoms with E-state index in [1.54, 1.807) is 28.4 Å². The second kappa shape index (κ2) is 9.15. The van der Waals surface area contributed by atoms with E-state index in [2.05, 4.69) is 0 Å². The summed E-state index contributed by atoms with van der Waals surface area (Å²) in [5.41, 5.74) is 0. The zero-order valence-corrected chi connectivity index (χ0v) is 9.36. The number of hydrogen-bond donors (Lipinski definition) is 0. The Morgan fingerprint density at radius 2 is 1.50 bits per heavy atom. The molecule has 0 unspecified atom stereocenters. The molecule has 0 aliphatic rings. The molecule has 0 aromatic heterocycles. The molecule has 0 aromatic carbocycles. The summed E-state index contributed by atoms with van der Waals surface area (Å²) in [4.78, 5) is 0. The Morgan fingerprint density at radius 3 is 1.93 bits per heavy atom. The maximum absolute atomic E-state index is 5.04. The molecule has 84 valence electrons. The fourth-order valence-corrected chi connectivity index (χ4v) is 1.02. The topological polar surface area (TPSA) is 36.9 Å². The third-order valence-corrected chi connectivity index (χ3v) is 1.85. The Hall–Kier alpha value is -0.420. The first-order chi connectivity index (χ1) is 6.78. The van der Waals surface area contributed by atoms with Gasteiger partial charge in [-0.3, -0.25) is 0 Å². The van der Waals surface area contributed by atoms with Crippen molar-refractivity contribution in [3.05, 3.63) is 12.2 Å². The molecule has 0 atom stereocenters. The summed E-state index contributed by atoms with van der Waals surface area (Å²) < 4.78 is 20.1. The van der Waals surface area contributed by atoms with Crippen molar-refractivity contribution < 1.29 is 18.9 Å². The molecule has 0 amide bonds. The molecule has 0 aliphatic carbocycles. The number of rotatable bonds is 8. The largest absolute Gasteiger partial charge is 0.356 e. The van der Waals surface area contributed by atoms with Gasteiger partial charge in [0.05, 0.1) is 0 Å². The van der Waals surface area contributed by atoms with Crippen LogP contribution in [0.1, 0.15) is 12.8 Å². The van der Waals surface area contributed by atoms with Gasteiger partial charge in [-0.2, -0.15) is 0 Å². The molecule has 0 saturated carbocycles. The average molecular weight is 204 g/mol. The molecule has 0 N–H and O–H groups in total. The molecule has 0 spiro atoms. The van der Waals surface area contributed by atoms with Crippen LogP contribution in [0.3, 0.4) is 0 Å². The quantitative estimate of drug-likeness (QED) is 0.444. The average Bonchev–Trinajstić information content (AvgIpc) is 2.24. The van der Waals surface area contributed by atoms with E-state index in [4.69, 9.17) is 18.9 Å². The van der Waals surface area contributed by atoms with Gasteiger partial charge in [0.2, 0.25) is 0 Å². The molecule has 0 fully saturated rings. The minimum atomic E-state index is -0.265. The maximum atomic E-state index is 5.04. The second-order valence-corrected chi connectivity index (χ2v) is 2.75. The molecule has 0 saturated heterocycles. The van der Waals surface area contributed by atoms with Crippen LogP contribution in [0.5, 0.6) is 0 Å². The molecule has 0 rings (SSSR count). The van der Waals surface area contributed by atoms with E-state index in [0.717, 1.165) is 12.8 Å². The Bertz CT molecular complexity index is 139. The molecule has 0 bridgehead atoms. The Kier molecular flexibility index (Phi) is 8.87. The molecular weight excluding hydrogens is 184 g/mol. The Labute approximate surface area is 85.8 Å². The van der Waals surface area contributed by atoms with Gasteiger partial charge < -0.3 is 18.9 Å².